The lowest BCUT2D eigenvalue weighted by Crippen LogP contribution is -2.22. The molecule has 0 aromatic heterocycles. The number of aromatic carboxylic acids is 1. The first-order valence-corrected chi connectivity index (χ1v) is 5.18. The Kier molecular flexibility index (Phi) is 4.93. The summed E-state index contributed by atoms with van der Waals surface area (Å²) < 4.78 is 10.1. The minimum absolute atomic E-state index is 0.0672. The van der Waals surface area contributed by atoms with Crippen molar-refractivity contribution in [3.63, 3.8) is 0 Å². The quantitative estimate of drug-likeness (QED) is 0.778. The van der Waals surface area contributed by atoms with Crippen molar-refractivity contribution in [2.24, 2.45) is 0 Å². The van der Waals surface area contributed by atoms with E-state index in [2.05, 4.69) is 0 Å². The number of rotatable bonds is 6. The topological polar surface area (TPSA) is 76.0 Å². The van der Waals surface area contributed by atoms with Crippen LogP contribution in [0.4, 0.5) is 0 Å². The number of hydrogen-bond acceptors (Lipinski definition) is 4. The van der Waals surface area contributed by atoms with Crippen LogP contribution < -0.4 is 4.74 Å². The van der Waals surface area contributed by atoms with Gasteiger partial charge in [0.1, 0.15) is 18.5 Å². The predicted octanol–water partition coefficient (Wildman–Crippen LogP) is 1.08. The van der Waals surface area contributed by atoms with Crippen LogP contribution in [-0.4, -0.2) is 42.6 Å². The summed E-state index contributed by atoms with van der Waals surface area (Å²) in [5.41, 5.74) is 0.978. The van der Waals surface area contributed by atoms with Gasteiger partial charge in [0.05, 0.1) is 12.2 Å². The van der Waals surface area contributed by atoms with Crippen LogP contribution in [-0.2, 0) is 4.74 Å². The highest BCUT2D eigenvalue weighted by Crippen LogP contribution is 2.19. The zero-order valence-corrected chi connectivity index (χ0v) is 9.84. The summed E-state index contributed by atoms with van der Waals surface area (Å²) in [6.07, 6.45) is -0.729. The van der Waals surface area contributed by atoms with E-state index < -0.39 is 12.1 Å². The van der Waals surface area contributed by atoms with Gasteiger partial charge in [-0.25, -0.2) is 4.79 Å². The van der Waals surface area contributed by atoms with Crippen LogP contribution in [0.3, 0.4) is 0 Å². The highest BCUT2D eigenvalue weighted by atomic mass is 16.5. The van der Waals surface area contributed by atoms with Crippen LogP contribution in [0.1, 0.15) is 15.9 Å². The van der Waals surface area contributed by atoms with Crippen LogP contribution in [0.2, 0.25) is 0 Å². The first-order valence-electron chi connectivity index (χ1n) is 5.18. The molecule has 0 amide bonds. The fourth-order valence-electron chi connectivity index (χ4n) is 1.32. The Labute approximate surface area is 99.6 Å². The van der Waals surface area contributed by atoms with E-state index in [-0.39, 0.29) is 18.8 Å². The zero-order chi connectivity index (χ0) is 12.8. The summed E-state index contributed by atoms with van der Waals surface area (Å²) in [4.78, 5) is 10.8. The summed E-state index contributed by atoms with van der Waals surface area (Å²) >= 11 is 0. The van der Waals surface area contributed by atoms with E-state index in [9.17, 15) is 9.90 Å². The molecular weight excluding hydrogens is 224 g/mol. The number of hydrogen-bond donors (Lipinski definition) is 2. The van der Waals surface area contributed by atoms with Crippen LogP contribution in [0, 0.1) is 6.92 Å². The predicted molar refractivity (Wildman–Crippen MR) is 61.5 cm³/mol. The van der Waals surface area contributed by atoms with E-state index in [1.54, 1.807) is 6.07 Å². The van der Waals surface area contributed by atoms with E-state index in [1.807, 2.05) is 6.92 Å². The molecule has 5 heteroatoms. The smallest absolute Gasteiger partial charge is 0.335 e. The number of aliphatic hydroxyl groups is 1. The second kappa shape index (κ2) is 6.22. The van der Waals surface area contributed by atoms with Gasteiger partial charge < -0.3 is 19.7 Å². The largest absolute Gasteiger partial charge is 0.491 e. The summed E-state index contributed by atoms with van der Waals surface area (Å²) in [6.45, 7) is 2.05. The molecule has 1 aromatic rings. The number of carboxylic acids is 1. The maximum absolute atomic E-state index is 10.8. The van der Waals surface area contributed by atoms with E-state index in [1.165, 1.54) is 19.2 Å². The molecule has 1 rings (SSSR count). The highest BCUT2D eigenvalue weighted by molar-refractivity contribution is 5.88. The monoisotopic (exact) mass is 240 g/mol. The average molecular weight is 240 g/mol. The Morgan fingerprint density at radius 1 is 1.41 bits per heavy atom. The van der Waals surface area contributed by atoms with Crippen molar-refractivity contribution in [1.82, 2.24) is 0 Å². The second-order valence-corrected chi connectivity index (χ2v) is 3.71. The third-order valence-electron chi connectivity index (χ3n) is 2.23. The molecule has 0 saturated heterocycles. The Bertz CT molecular complexity index is 388. The number of ether oxygens (including phenoxy) is 2. The minimum Gasteiger partial charge on any atom is -0.491 e. The van der Waals surface area contributed by atoms with Crippen molar-refractivity contribution in [3.8, 4) is 5.75 Å². The SMILES string of the molecule is COCC(O)COc1cc(C(=O)O)ccc1C. The zero-order valence-electron chi connectivity index (χ0n) is 9.84. The minimum atomic E-state index is -1.01. The molecule has 5 nitrogen and oxygen atoms in total. The molecule has 0 heterocycles. The molecular formula is C12H16O5. The van der Waals surface area contributed by atoms with Crippen molar-refractivity contribution in [2.75, 3.05) is 20.3 Å². The summed E-state index contributed by atoms with van der Waals surface area (Å²) in [5, 5.41) is 18.3. The molecule has 0 bridgehead atoms. The molecule has 0 spiro atoms. The van der Waals surface area contributed by atoms with Crippen molar-refractivity contribution >= 4 is 5.97 Å². The van der Waals surface area contributed by atoms with E-state index >= 15 is 0 Å². The Hall–Kier alpha value is -1.59. The van der Waals surface area contributed by atoms with Gasteiger partial charge in [0, 0.05) is 7.11 Å². The van der Waals surface area contributed by atoms with Crippen molar-refractivity contribution in [1.29, 1.82) is 0 Å². The maximum Gasteiger partial charge on any atom is 0.335 e. The molecule has 1 atom stereocenters. The van der Waals surface area contributed by atoms with Crippen LogP contribution >= 0.6 is 0 Å². The number of aryl methyl sites for hydroxylation is 1. The lowest BCUT2D eigenvalue weighted by Gasteiger charge is -2.13. The van der Waals surface area contributed by atoms with Gasteiger partial charge in [0.25, 0.3) is 0 Å². The summed E-state index contributed by atoms with van der Waals surface area (Å²) in [5.74, 6) is -0.549. The summed E-state index contributed by atoms with van der Waals surface area (Å²) in [7, 11) is 1.49. The van der Waals surface area contributed by atoms with Gasteiger partial charge in [0.15, 0.2) is 0 Å². The lowest BCUT2D eigenvalue weighted by atomic mass is 10.1. The number of aliphatic hydroxyl groups excluding tert-OH is 1. The van der Waals surface area contributed by atoms with Gasteiger partial charge in [-0.05, 0) is 24.6 Å². The lowest BCUT2D eigenvalue weighted by molar-refractivity contribution is 0.0323. The third-order valence-corrected chi connectivity index (χ3v) is 2.23. The number of benzene rings is 1. The molecule has 2 N–H and O–H groups in total. The van der Waals surface area contributed by atoms with E-state index in [4.69, 9.17) is 14.6 Å². The van der Waals surface area contributed by atoms with Crippen molar-refractivity contribution < 1.29 is 24.5 Å². The van der Waals surface area contributed by atoms with Gasteiger partial charge in [-0.2, -0.15) is 0 Å². The first kappa shape index (κ1) is 13.5. The summed E-state index contributed by atoms with van der Waals surface area (Å²) in [6, 6.07) is 4.62. The second-order valence-electron chi connectivity index (χ2n) is 3.71. The fraction of sp³-hybridized carbons (Fsp3) is 0.417. The van der Waals surface area contributed by atoms with Crippen molar-refractivity contribution in [3.05, 3.63) is 29.3 Å². The van der Waals surface area contributed by atoms with Crippen LogP contribution in [0.25, 0.3) is 0 Å². The van der Waals surface area contributed by atoms with Gasteiger partial charge in [-0.1, -0.05) is 6.07 Å². The molecule has 0 aliphatic carbocycles. The molecule has 0 aliphatic heterocycles. The molecule has 1 unspecified atom stereocenters. The molecule has 17 heavy (non-hydrogen) atoms. The Balaban J connectivity index is 2.69. The number of methoxy groups -OCH3 is 1. The molecule has 1 aromatic carbocycles. The van der Waals surface area contributed by atoms with Gasteiger partial charge >= 0.3 is 5.97 Å². The van der Waals surface area contributed by atoms with Gasteiger partial charge in [0.2, 0.25) is 0 Å². The number of carboxylic acid groups (broad SMARTS) is 1. The van der Waals surface area contributed by atoms with Crippen molar-refractivity contribution in [2.45, 2.75) is 13.0 Å². The average Bonchev–Trinajstić information content (AvgIpc) is 2.28. The Morgan fingerprint density at radius 2 is 2.12 bits per heavy atom. The van der Waals surface area contributed by atoms with Crippen LogP contribution in [0.15, 0.2) is 18.2 Å². The fourth-order valence-corrected chi connectivity index (χ4v) is 1.32. The van der Waals surface area contributed by atoms with E-state index in [0.717, 1.165) is 5.56 Å². The highest BCUT2D eigenvalue weighted by Gasteiger charge is 2.09. The van der Waals surface area contributed by atoms with Gasteiger partial charge in [-0.15, -0.1) is 0 Å². The molecule has 94 valence electrons. The molecule has 0 aliphatic rings. The first-order chi connectivity index (χ1) is 8.04. The number of carbonyl (C=O) groups is 1. The Morgan fingerprint density at radius 3 is 2.71 bits per heavy atom. The van der Waals surface area contributed by atoms with Crippen LogP contribution in [0.5, 0.6) is 5.75 Å². The van der Waals surface area contributed by atoms with E-state index in [0.29, 0.717) is 5.75 Å². The normalized spacial score (nSPS) is 12.2. The molecule has 0 saturated carbocycles. The third kappa shape index (κ3) is 4.05. The molecule has 0 radical (unpaired) electrons. The molecule has 0 fully saturated rings. The van der Waals surface area contributed by atoms with Gasteiger partial charge in [-0.3, -0.25) is 0 Å². The maximum atomic E-state index is 10.8. The standard InChI is InChI=1S/C12H16O5/c1-8-3-4-9(12(14)15)5-11(8)17-7-10(13)6-16-2/h3-5,10,13H,6-7H2,1-2H3,(H,14,15).